The maximum Gasteiger partial charge on any atom is 0.258 e. The fraction of sp³-hybridized carbons (Fsp3) is 0.235. The monoisotopic (exact) mass is 337 g/mol. The number of methoxy groups -OCH3 is 1. The SMILES string of the molecule is COc1ccc(F)cc1[C@@H](C)NC(=O)COc1ccc(Cl)cc1. The Morgan fingerprint density at radius 2 is 1.96 bits per heavy atom. The standard InChI is InChI=1S/C17H17ClFNO3/c1-11(15-9-13(19)5-8-16(15)22-2)20-17(21)10-23-14-6-3-12(18)4-7-14/h3-9,11H,10H2,1-2H3,(H,20,21)/t11-/m1/s1. The highest BCUT2D eigenvalue weighted by Crippen LogP contribution is 2.25. The smallest absolute Gasteiger partial charge is 0.258 e. The molecular formula is C17H17ClFNO3. The molecule has 0 spiro atoms. The van der Waals surface area contributed by atoms with Crippen molar-refractivity contribution in [1.82, 2.24) is 5.32 Å². The first-order valence-corrected chi connectivity index (χ1v) is 7.38. The summed E-state index contributed by atoms with van der Waals surface area (Å²) in [6, 6.07) is 10.5. The van der Waals surface area contributed by atoms with Gasteiger partial charge in [0.2, 0.25) is 0 Å². The van der Waals surface area contributed by atoms with E-state index in [1.165, 1.54) is 25.3 Å². The molecule has 0 aliphatic carbocycles. The van der Waals surface area contributed by atoms with E-state index in [0.29, 0.717) is 22.1 Å². The van der Waals surface area contributed by atoms with Crippen LogP contribution in [0.2, 0.25) is 5.02 Å². The maximum atomic E-state index is 13.4. The molecule has 0 aromatic heterocycles. The summed E-state index contributed by atoms with van der Waals surface area (Å²) in [4.78, 5) is 12.0. The van der Waals surface area contributed by atoms with Crippen molar-refractivity contribution < 1.29 is 18.7 Å². The summed E-state index contributed by atoms with van der Waals surface area (Å²) in [6.45, 7) is 1.60. The highest BCUT2D eigenvalue weighted by atomic mass is 35.5. The number of rotatable bonds is 6. The number of amides is 1. The third kappa shape index (κ3) is 4.86. The lowest BCUT2D eigenvalue weighted by Crippen LogP contribution is -2.31. The van der Waals surface area contributed by atoms with Gasteiger partial charge in [-0.2, -0.15) is 0 Å². The van der Waals surface area contributed by atoms with Gasteiger partial charge in [0.1, 0.15) is 17.3 Å². The van der Waals surface area contributed by atoms with Gasteiger partial charge >= 0.3 is 0 Å². The number of nitrogens with one attached hydrogen (secondary N) is 1. The van der Waals surface area contributed by atoms with Gasteiger partial charge in [-0.3, -0.25) is 4.79 Å². The quantitative estimate of drug-likeness (QED) is 0.873. The average molecular weight is 338 g/mol. The molecule has 23 heavy (non-hydrogen) atoms. The van der Waals surface area contributed by atoms with Crippen molar-refractivity contribution in [1.29, 1.82) is 0 Å². The van der Waals surface area contributed by atoms with E-state index >= 15 is 0 Å². The van der Waals surface area contributed by atoms with Crippen molar-refractivity contribution in [3.63, 3.8) is 0 Å². The van der Waals surface area contributed by atoms with Gasteiger partial charge in [-0.1, -0.05) is 11.6 Å². The van der Waals surface area contributed by atoms with Gasteiger partial charge in [0.05, 0.1) is 13.2 Å². The van der Waals surface area contributed by atoms with Gasteiger partial charge in [0.25, 0.3) is 5.91 Å². The van der Waals surface area contributed by atoms with Crippen LogP contribution in [0.3, 0.4) is 0 Å². The molecule has 0 radical (unpaired) electrons. The summed E-state index contributed by atoms with van der Waals surface area (Å²) >= 11 is 5.78. The Morgan fingerprint density at radius 1 is 1.26 bits per heavy atom. The van der Waals surface area contributed by atoms with Crippen LogP contribution in [-0.4, -0.2) is 19.6 Å². The van der Waals surface area contributed by atoms with Crippen LogP contribution in [0.25, 0.3) is 0 Å². The summed E-state index contributed by atoms with van der Waals surface area (Å²) in [5.74, 6) is 0.344. The molecule has 4 nitrogen and oxygen atoms in total. The molecular weight excluding hydrogens is 321 g/mol. The fourth-order valence-corrected chi connectivity index (χ4v) is 2.21. The molecule has 1 atom stereocenters. The molecule has 0 unspecified atom stereocenters. The molecule has 0 fully saturated rings. The highest BCUT2D eigenvalue weighted by Gasteiger charge is 2.15. The normalized spacial score (nSPS) is 11.7. The first-order chi connectivity index (χ1) is 11.0. The molecule has 0 heterocycles. The lowest BCUT2D eigenvalue weighted by atomic mass is 10.1. The predicted molar refractivity (Wildman–Crippen MR) is 86.5 cm³/mol. The first-order valence-electron chi connectivity index (χ1n) is 7.00. The Labute approximate surface area is 139 Å². The summed E-state index contributed by atoms with van der Waals surface area (Å²) in [5, 5.41) is 3.33. The topological polar surface area (TPSA) is 47.6 Å². The van der Waals surface area contributed by atoms with Gasteiger partial charge in [-0.25, -0.2) is 4.39 Å². The molecule has 122 valence electrons. The van der Waals surface area contributed by atoms with Gasteiger partial charge in [0, 0.05) is 10.6 Å². The molecule has 0 saturated heterocycles. The second-order valence-electron chi connectivity index (χ2n) is 4.92. The van der Waals surface area contributed by atoms with Crippen molar-refractivity contribution in [2.24, 2.45) is 0 Å². The molecule has 6 heteroatoms. The van der Waals surface area contributed by atoms with Gasteiger partial charge in [0.15, 0.2) is 6.61 Å². The minimum Gasteiger partial charge on any atom is -0.496 e. The number of carbonyl (C=O) groups is 1. The van der Waals surface area contributed by atoms with E-state index in [0.717, 1.165) is 0 Å². The number of carbonyl (C=O) groups excluding carboxylic acids is 1. The number of halogens is 2. The molecule has 0 saturated carbocycles. The number of benzene rings is 2. The lowest BCUT2D eigenvalue weighted by molar-refractivity contribution is -0.123. The minimum absolute atomic E-state index is 0.149. The number of ether oxygens (including phenoxy) is 2. The van der Waals surface area contributed by atoms with Gasteiger partial charge in [-0.05, 0) is 49.4 Å². The average Bonchev–Trinajstić information content (AvgIpc) is 2.54. The van der Waals surface area contributed by atoms with E-state index in [1.807, 2.05) is 0 Å². The van der Waals surface area contributed by atoms with Crippen LogP contribution in [0.5, 0.6) is 11.5 Å². The van der Waals surface area contributed by atoms with E-state index in [9.17, 15) is 9.18 Å². The molecule has 1 amide bonds. The molecule has 2 aromatic carbocycles. The van der Waals surface area contributed by atoms with Crippen LogP contribution in [0.1, 0.15) is 18.5 Å². The second kappa shape index (κ2) is 7.83. The van der Waals surface area contributed by atoms with Crippen molar-refractivity contribution in [3.05, 3.63) is 58.9 Å². The largest absolute Gasteiger partial charge is 0.496 e. The molecule has 2 rings (SSSR count). The maximum absolute atomic E-state index is 13.4. The summed E-state index contributed by atoms with van der Waals surface area (Å²) in [6.07, 6.45) is 0. The van der Waals surface area contributed by atoms with Crippen LogP contribution < -0.4 is 14.8 Å². The van der Waals surface area contributed by atoms with E-state index in [1.54, 1.807) is 31.2 Å². The molecule has 2 aromatic rings. The van der Waals surface area contributed by atoms with Crippen molar-refractivity contribution in [3.8, 4) is 11.5 Å². The molecule has 0 aliphatic rings. The van der Waals surface area contributed by atoms with Crippen LogP contribution in [0.4, 0.5) is 4.39 Å². The van der Waals surface area contributed by atoms with Gasteiger partial charge in [-0.15, -0.1) is 0 Å². The lowest BCUT2D eigenvalue weighted by Gasteiger charge is -2.17. The Morgan fingerprint density at radius 3 is 2.61 bits per heavy atom. The number of hydrogen-bond acceptors (Lipinski definition) is 3. The van der Waals surface area contributed by atoms with E-state index in [4.69, 9.17) is 21.1 Å². The van der Waals surface area contributed by atoms with E-state index in [-0.39, 0.29) is 18.3 Å². The number of hydrogen-bond donors (Lipinski definition) is 1. The van der Waals surface area contributed by atoms with Gasteiger partial charge < -0.3 is 14.8 Å². The second-order valence-corrected chi connectivity index (χ2v) is 5.35. The third-order valence-corrected chi connectivity index (χ3v) is 3.47. The van der Waals surface area contributed by atoms with Crippen LogP contribution >= 0.6 is 11.6 Å². The Bertz CT molecular complexity index is 676. The zero-order chi connectivity index (χ0) is 16.8. The summed E-state index contributed by atoms with van der Waals surface area (Å²) in [7, 11) is 1.49. The zero-order valence-electron chi connectivity index (χ0n) is 12.8. The Hall–Kier alpha value is -2.27. The minimum atomic E-state index is -0.415. The predicted octanol–water partition coefficient (Wildman–Crippen LogP) is 3.74. The Kier molecular flexibility index (Phi) is 5.82. The van der Waals surface area contributed by atoms with Crippen molar-refractivity contribution in [2.45, 2.75) is 13.0 Å². The molecule has 0 bridgehead atoms. The zero-order valence-corrected chi connectivity index (χ0v) is 13.6. The van der Waals surface area contributed by atoms with E-state index in [2.05, 4.69) is 5.32 Å². The highest BCUT2D eigenvalue weighted by molar-refractivity contribution is 6.30. The van der Waals surface area contributed by atoms with Crippen LogP contribution in [-0.2, 0) is 4.79 Å². The van der Waals surface area contributed by atoms with Crippen molar-refractivity contribution in [2.75, 3.05) is 13.7 Å². The summed E-state index contributed by atoms with van der Waals surface area (Å²) < 4.78 is 23.9. The first kappa shape index (κ1) is 17.1. The van der Waals surface area contributed by atoms with Crippen molar-refractivity contribution >= 4 is 17.5 Å². The van der Waals surface area contributed by atoms with E-state index < -0.39 is 6.04 Å². The van der Waals surface area contributed by atoms with Crippen LogP contribution in [0, 0.1) is 5.82 Å². The molecule has 1 N–H and O–H groups in total. The third-order valence-electron chi connectivity index (χ3n) is 3.22. The summed E-state index contributed by atoms with van der Waals surface area (Å²) in [5.41, 5.74) is 0.562. The fourth-order valence-electron chi connectivity index (χ4n) is 2.08. The Balaban J connectivity index is 1.94. The molecule has 0 aliphatic heterocycles. The van der Waals surface area contributed by atoms with Crippen LogP contribution in [0.15, 0.2) is 42.5 Å².